The smallest absolute Gasteiger partial charge is 0.462 e. The Morgan fingerprint density at radius 3 is 0.710 bits per heavy atom. The number of hydrogen-bond donors (Lipinski definition) is 3. The molecule has 0 aliphatic heterocycles. The normalized spacial score (nSPS) is 14.6. The Morgan fingerprint density at radius 1 is 0.280 bits per heavy atom. The van der Waals surface area contributed by atoms with Gasteiger partial charge < -0.3 is 33.8 Å². The first-order valence-corrected chi connectivity index (χ1v) is 44.8. The second-order valence-electron chi connectivity index (χ2n) is 30.6. The van der Waals surface area contributed by atoms with Crippen LogP contribution in [0.2, 0.25) is 0 Å². The number of carbonyl (C=O) groups is 4. The molecular formula is C81H158O17P2. The molecular weight excluding hydrogens is 1310 g/mol. The van der Waals surface area contributed by atoms with E-state index in [9.17, 15) is 43.2 Å². The maximum absolute atomic E-state index is 13.1. The van der Waals surface area contributed by atoms with Crippen molar-refractivity contribution in [3.8, 4) is 0 Å². The van der Waals surface area contributed by atoms with Crippen molar-refractivity contribution in [3.63, 3.8) is 0 Å². The lowest BCUT2D eigenvalue weighted by Crippen LogP contribution is -2.30. The van der Waals surface area contributed by atoms with Gasteiger partial charge in [-0.1, -0.05) is 364 Å². The number of aliphatic hydroxyl groups is 1. The van der Waals surface area contributed by atoms with Gasteiger partial charge in [0.25, 0.3) is 0 Å². The number of phosphoric ester groups is 2. The van der Waals surface area contributed by atoms with Crippen molar-refractivity contribution in [2.75, 3.05) is 39.6 Å². The molecule has 0 saturated carbocycles. The van der Waals surface area contributed by atoms with Crippen LogP contribution in [0.15, 0.2) is 0 Å². The number of rotatable bonds is 78. The quantitative estimate of drug-likeness (QED) is 0.0222. The third-order valence-corrected chi connectivity index (χ3v) is 21.4. The number of aliphatic hydroxyl groups excluding tert-OH is 1. The van der Waals surface area contributed by atoms with E-state index in [1.54, 1.807) is 0 Å². The number of hydrogen-bond acceptors (Lipinski definition) is 15. The van der Waals surface area contributed by atoms with Crippen molar-refractivity contribution >= 4 is 39.5 Å². The fraction of sp³-hybridized carbons (Fsp3) is 0.951. The topological polar surface area (TPSA) is 237 Å². The molecule has 0 amide bonds. The molecule has 0 aliphatic carbocycles. The Hall–Kier alpha value is -1.94. The van der Waals surface area contributed by atoms with Crippen LogP contribution in [-0.2, 0) is 65.4 Å². The van der Waals surface area contributed by atoms with E-state index in [1.165, 1.54) is 212 Å². The number of unbranched alkanes of at least 4 members (excludes halogenated alkanes) is 42. The van der Waals surface area contributed by atoms with Crippen molar-refractivity contribution in [2.45, 2.75) is 433 Å². The lowest BCUT2D eigenvalue weighted by molar-refractivity contribution is -0.161. The molecule has 0 fully saturated rings. The molecule has 19 heteroatoms. The van der Waals surface area contributed by atoms with Crippen LogP contribution in [0.3, 0.4) is 0 Å². The molecule has 0 bridgehead atoms. The summed E-state index contributed by atoms with van der Waals surface area (Å²) >= 11 is 0. The Morgan fingerprint density at radius 2 is 0.480 bits per heavy atom. The molecule has 594 valence electrons. The van der Waals surface area contributed by atoms with Crippen LogP contribution in [0, 0.1) is 23.7 Å². The van der Waals surface area contributed by atoms with E-state index in [0.29, 0.717) is 31.6 Å². The van der Waals surface area contributed by atoms with Crippen LogP contribution in [0.5, 0.6) is 0 Å². The van der Waals surface area contributed by atoms with Crippen LogP contribution in [-0.4, -0.2) is 96.7 Å². The van der Waals surface area contributed by atoms with E-state index in [4.69, 9.17) is 37.0 Å². The molecule has 4 unspecified atom stereocenters. The predicted octanol–water partition coefficient (Wildman–Crippen LogP) is 24.0. The second-order valence-corrected chi connectivity index (χ2v) is 33.5. The molecule has 0 aliphatic rings. The van der Waals surface area contributed by atoms with Crippen LogP contribution in [0.1, 0.15) is 415 Å². The number of carbonyl (C=O) groups excluding carboxylic acids is 4. The van der Waals surface area contributed by atoms with Crippen molar-refractivity contribution in [3.05, 3.63) is 0 Å². The van der Waals surface area contributed by atoms with Crippen molar-refractivity contribution in [2.24, 2.45) is 23.7 Å². The fourth-order valence-corrected chi connectivity index (χ4v) is 13.9. The molecule has 0 aromatic heterocycles. The van der Waals surface area contributed by atoms with Gasteiger partial charge in [0.15, 0.2) is 12.2 Å². The summed E-state index contributed by atoms with van der Waals surface area (Å²) in [4.78, 5) is 72.9. The summed E-state index contributed by atoms with van der Waals surface area (Å²) < 4.78 is 68.6. The largest absolute Gasteiger partial charge is 0.472 e. The minimum atomic E-state index is -4.96. The summed E-state index contributed by atoms with van der Waals surface area (Å²) in [5.74, 6) is 0.999. The average molecular weight is 1470 g/mol. The fourth-order valence-electron chi connectivity index (χ4n) is 12.4. The molecule has 3 N–H and O–H groups in total. The lowest BCUT2D eigenvalue weighted by Gasteiger charge is -2.21. The van der Waals surface area contributed by atoms with Crippen LogP contribution in [0.4, 0.5) is 0 Å². The van der Waals surface area contributed by atoms with E-state index in [-0.39, 0.29) is 25.7 Å². The summed E-state index contributed by atoms with van der Waals surface area (Å²) in [5.41, 5.74) is 0. The molecule has 0 aromatic rings. The van der Waals surface area contributed by atoms with Crippen LogP contribution in [0.25, 0.3) is 0 Å². The van der Waals surface area contributed by atoms with Crippen LogP contribution < -0.4 is 0 Å². The molecule has 0 rings (SSSR count). The van der Waals surface area contributed by atoms with Gasteiger partial charge in [0.2, 0.25) is 0 Å². The molecule has 17 nitrogen and oxygen atoms in total. The Labute approximate surface area is 613 Å². The Balaban J connectivity index is 5.14. The van der Waals surface area contributed by atoms with E-state index in [0.717, 1.165) is 114 Å². The maximum atomic E-state index is 13.1. The number of phosphoric acid groups is 2. The number of ether oxygens (including phenoxy) is 4. The van der Waals surface area contributed by atoms with E-state index in [1.807, 2.05) is 0 Å². The van der Waals surface area contributed by atoms with Crippen molar-refractivity contribution < 1.29 is 80.2 Å². The second kappa shape index (κ2) is 70.1. The highest BCUT2D eigenvalue weighted by Gasteiger charge is 2.30. The van der Waals surface area contributed by atoms with Crippen molar-refractivity contribution in [1.29, 1.82) is 0 Å². The monoisotopic (exact) mass is 1470 g/mol. The SMILES string of the molecule is CCC(C)CCCCCCCCCCCCCCCCCCCCC(=O)O[C@H](COC(=O)CCCCCCCCC(C)C)COP(=O)(O)OC[C@H](O)COP(=O)(O)OC[C@@H](COC(=O)CCCCCCCCCCCCCCCCC(C)CC)OC(=O)CCCCCCCCCCC(C)C. The van der Waals surface area contributed by atoms with Gasteiger partial charge in [-0.2, -0.15) is 0 Å². The van der Waals surface area contributed by atoms with Gasteiger partial charge >= 0.3 is 39.5 Å². The summed E-state index contributed by atoms with van der Waals surface area (Å²) in [6.45, 7) is 14.2. The first-order chi connectivity index (χ1) is 48.2. The van der Waals surface area contributed by atoms with Gasteiger partial charge in [-0.15, -0.1) is 0 Å². The van der Waals surface area contributed by atoms with Gasteiger partial charge in [0.1, 0.15) is 19.3 Å². The van der Waals surface area contributed by atoms with Gasteiger partial charge in [-0.3, -0.25) is 37.3 Å². The molecule has 7 atom stereocenters. The molecule has 0 saturated heterocycles. The highest BCUT2D eigenvalue weighted by Crippen LogP contribution is 2.45. The molecule has 0 aromatic carbocycles. The van der Waals surface area contributed by atoms with Gasteiger partial charge in [-0.25, -0.2) is 9.13 Å². The zero-order valence-corrected chi connectivity index (χ0v) is 67.6. The first-order valence-electron chi connectivity index (χ1n) is 41.8. The van der Waals surface area contributed by atoms with E-state index in [2.05, 4.69) is 55.4 Å². The minimum Gasteiger partial charge on any atom is -0.462 e. The average Bonchev–Trinajstić information content (AvgIpc) is 1.24. The highest BCUT2D eigenvalue weighted by atomic mass is 31.2. The van der Waals surface area contributed by atoms with Crippen molar-refractivity contribution in [1.82, 2.24) is 0 Å². The minimum absolute atomic E-state index is 0.104. The van der Waals surface area contributed by atoms with Crippen LogP contribution >= 0.6 is 15.6 Å². The zero-order valence-electron chi connectivity index (χ0n) is 65.8. The zero-order chi connectivity index (χ0) is 73.8. The molecule has 0 heterocycles. The first kappa shape index (κ1) is 98.1. The lowest BCUT2D eigenvalue weighted by atomic mass is 9.99. The summed E-state index contributed by atoms with van der Waals surface area (Å²) in [6, 6.07) is 0. The third kappa shape index (κ3) is 71.7. The Bertz CT molecular complexity index is 1960. The summed E-state index contributed by atoms with van der Waals surface area (Å²) in [5, 5.41) is 10.6. The van der Waals surface area contributed by atoms with E-state index < -0.39 is 97.5 Å². The summed E-state index contributed by atoms with van der Waals surface area (Å²) in [6.07, 6.45) is 57.1. The van der Waals surface area contributed by atoms with Gasteiger partial charge in [0, 0.05) is 25.7 Å². The maximum Gasteiger partial charge on any atom is 0.472 e. The number of esters is 4. The Kier molecular flexibility index (Phi) is 68.7. The van der Waals surface area contributed by atoms with Gasteiger partial charge in [0.05, 0.1) is 26.4 Å². The standard InChI is InChI=1S/C81H158O17P2/c1-9-73(7)59-51-43-34-27-23-19-15-13-11-12-14-16-22-26-30-37-47-55-63-80(85)97-77(68-92-79(84)62-54-46-40-39-42-50-58-72(5)6)70-96-100(89,90)94-66-75(82)65-93-99(87,88)95-69-76(98-81(86)64-56-48-38-32-31-33-41-49-57-71(3)4)67-91-78(83)61-53-45-36-29-25-21-18-17-20-24-28-35-44-52-60-74(8)10-2/h71-77,82H,9-70H2,1-8H3,(H,87,88)(H,89,90)/t73?,74?,75-,76-,77-/m1/s1. The highest BCUT2D eigenvalue weighted by molar-refractivity contribution is 7.47. The molecule has 0 radical (unpaired) electrons. The van der Waals surface area contributed by atoms with E-state index >= 15 is 0 Å². The summed E-state index contributed by atoms with van der Waals surface area (Å²) in [7, 11) is -9.92. The van der Waals surface area contributed by atoms with Gasteiger partial charge in [-0.05, 0) is 49.4 Å². The molecule has 100 heavy (non-hydrogen) atoms. The third-order valence-electron chi connectivity index (χ3n) is 19.5. The predicted molar refractivity (Wildman–Crippen MR) is 409 cm³/mol. The molecule has 0 spiro atoms.